The van der Waals surface area contributed by atoms with Crippen molar-refractivity contribution in [1.82, 2.24) is 5.32 Å². The van der Waals surface area contributed by atoms with Crippen LogP contribution in [0.4, 0.5) is 0 Å². The molecule has 0 aromatic rings. The van der Waals surface area contributed by atoms with E-state index >= 15 is 0 Å². The van der Waals surface area contributed by atoms with Gasteiger partial charge in [-0.2, -0.15) is 0 Å². The molecule has 100 valence electrons. The number of carbonyl (C=O) groups excluding carboxylic acids is 1. The highest BCUT2D eigenvalue weighted by Gasteiger charge is 2.28. The van der Waals surface area contributed by atoms with Gasteiger partial charge >= 0.3 is 0 Å². The van der Waals surface area contributed by atoms with Crippen LogP contribution in [0.2, 0.25) is 0 Å². The first-order chi connectivity index (χ1) is 7.91. The summed E-state index contributed by atoms with van der Waals surface area (Å²) >= 11 is 0. The predicted molar refractivity (Wildman–Crippen MR) is 71.5 cm³/mol. The molecule has 1 aliphatic carbocycles. The average Bonchev–Trinajstić information content (AvgIpc) is 2.63. The van der Waals surface area contributed by atoms with Gasteiger partial charge in [0.05, 0.1) is 0 Å². The standard InChI is InChI=1S/C14H28N2O/c1-9(2)13(10(3)4)8-16-14(17)11-5-6-12(15)7-11/h9-13H,5-8,15H2,1-4H3,(H,16,17). The topological polar surface area (TPSA) is 55.1 Å². The normalized spacial score (nSPS) is 24.9. The van der Waals surface area contributed by atoms with Gasteiger partial charge in [-0.25, -0.2) is 0 Å². The number of nitrogens with two attached hydrogens (primary N) is 1. The lowest BCUT2D eigenvalue weighted by Gasteiger charge is -2.25. The summed E-state index contributed by atoms with van der Waals surface area (Å²) in [4.78, 5) is 12.0. The highest BCUT2D eigenvalue weighted by molar-refractivity contribution is 5.79. The maximum Gasteiger partial charge on any atom is 0.223 e. The fourth-order valence-electron chi connectivity index (χ4n) is 2.86. The Balaban J connectivity index is 2.36. The van der Waals surface area contributed by atoms with Crippen LogP contribution in [-0.4, -0.2) is 18.5 Å². The molecule has 0 heterocycles. The minimum atomic E-state index is 0.157. The molecule has 0 saturated heterocycles. The Labute approximate surface area is 106 Å². The summed E-state index contributed by atoms with van der Waals surface area (Å²) in [6.45, 7) is 9.70. The fourth-order valence-corrected chi connectivity index (χ4v) is 2.86. The molecule has 1 amide bonds. The van der Waals surface area contributed by atoms with Crippen molar-refractivity contribution in [2.75, 3.05) is 6.54 Å². The van der Waals surface area contributed by atoms with Crippen molar-refractivity contribution in [2.45, 2.75) is 53.0 Å². The monoisotopic (exact) mass is 240 g/mol. The highest BCUT2D eigenvalue weighted by atomic mass is 16.1. The first kappa shape index (κ1) is 14.5. The fraction of sp³-hybridized carbons (Fsp3) is 0.929. The Kier molecular flexibility index (Phi) is 5.44. The maximum absolute atomic E-state index is 12.0. The van der Waals surface area contributed by atoms with E-state index < -0.39 is 0 Å². The van der Waals surface area contributed by atoms with Crippen LogP contribution in [0.3, 0.4) is 0 Å². The molecule has 2 atom stereocenters. The smallest absolute Gasteiger partial charge is 0.223 e. The predicted octanol–water partition coefficient (Wildman–Crippen LogP) is 2.16. The summed E-state index contributed by atoms with van der Waals surface area (Å²) < 4.78 is 0. The van der Waals surface area contributed by atoms with Crippen molar-refractivity contribution in [2.24, 2.45) is 29.4 Å². The molecule has 3 N–H and O–H groups in total. The van der Waals surface area contributed by atoms with Gasteiger partial charge in [0.1, 0.15) is 0 Å². The van der Waals surface area contributed by atoms with E-state index in [2.05, 4.69) is 33.0 Å². The van der Waals surface area contributed by atoms with Crippen LogP contribution in [0.25, 0.3) is 0 Å². The van der Waals surface area contributed by atoms with E-state index in [0.29, 0.717) is 17.8 Å². The lowest BCUT2D eigenvalue weighted by Crippen LogP contribution is -2.37. The van der Waals surface area contributed by atoms with Gasteiger partial charge in [-0.05, 0) is 37.0 Å². The third-order valence-corrected chi connectivity index (χ3v) is 4.07. The molecular weight excluding hydrogens is 212 g/mol. The minimum Gasteiger partial charge on any atom is -0.356 e. The number of nitrogens with one attached hydrogen (secondary N) is 1. The molecule has 1 rings (SSSR count). The number of rotatable bonds is 5. The molecule has 3 heteroatoms. The lowest BCUT2D eigenvalue weighted by molar-refractivity contribution is -0.125. The first-order valence-corrected chi connectivity index (χ1v) is 6.95. The molecule has 0 spiro atoms. The summed E-state index contributed by atoms with van der Waals surface area (Å²) in [5, 5.41) is 3.11. The van der Waals surface area contributed by atoms with E-state index in [9.17, 15) is 4.79 Å². The van der Waals surface area contributed by atoms with Crippen molar-refractivity contribution < 1.29 is 4.79 Å². The Morgan fingerprint density at radius 1 is 1.24 bits per heavy atom. The molecule has 17 heavy (non-hydrogen) atoms. The van der Waals surface area contributed by atoms with Crippen LogP contribution in [0, 0.1) is 23.7 Å². The molecule has 0 radical (unpaired) electrons. The van der Waals surface area contributed by atoms with Crippen molar-refractivity contribution in [3.05, 3.63) is 0 Å². The Bertz CT molecular complexity index is 243. The van der Waals surface area contributed by atoms with E-state index in [1.807, 2.05) is 0 Å². The van der Waals surface area contributed by atoms with E-state index in [-0.39, 0.29) is 17.9 Å². The second-order valence-corrected chi connectivity index (χ2v) is 6.17. The second kappa shape index (κ2) is 6.39. The molecular formula is C14H28N2O. The molecule has 2 unspecified atom stereocenters. The minimum absolute atomic E-state index is 0.157. The van der Waals surface area contributed by atoms with Crippen molar-refractivity contribution in [3.8, 4) is 0 Å². The van der Waals surface area contributed by atoms with E-state index in [1.54, 1.807) is 0 Å². The van der Waals surface area contributed by atoms with Crippen molar-refractivity contribution in [3.63, 3.8) is 0 Å². The number of hydrogen-bond donors (Lipinski definition) is 2. The maximum atomic E-state index is 12.0. The number of hydrogen-bond acceptors (Lipinski definition) is 2. The molecule has 0 bridgehead atoms. The average molecular weight is 240 g/mol. The Hall–Kier alpha value is -0.570. The summed E-state index contributed by atoms with van der Waals surface area (Å²) in [5.74, 6) is 2.16. The zero-order chi connectivity index (χ0) is 13.0. The van der Waals surface area contributed by atoms with Gasteiger partial charge in [0, 0.05) is 18.5 Å². The SMILES string of the molecule is CC(C)C(CNC(=O)C1CCC(N)C1)C(C)C. The lowest BCUT2D eigenvalue weighted by atomic mass is 9.85. The van der Waals surface area contributed by atoms with Gasteiger partial charge in [-0.15, -0.1) is 0 Å². The van der Waals surface area contributed by atoms with Crippen molar-refractivity contribution in [1.29, 1.82) is 0 Å². The van der Waals surface area contributed by atoms with Crippen LogP contribution < -0.4 is 11.1 Å². The van der Waals surface area contributed by atoms with Crippen LogP contribution in [0.15, 0.2) is 0 Å². The van der Waals surface area contributed by atoms with Crippen LogP contribution in [0.1, 0.15) is 47.0 Å². The summed E-state index contributed by atoms with van der Waals surface area (Å²) in [6.07, 6.45) is 2.82. The van der Waals surface area contributed by atoms with Gasteiger partial charge in [0.25, 0.3) is 0 Å². The van der Waals surface area contributed by atoms with Gasteiger partial charge in [-0.3, -0.25) is 4.79 Å². The molecule has 1 fully saturated rings. The molecule has 0 aliphatic heterocycles. The molecule has 0 aromatic carbocycles. The van der Waals surface area contributed by atoms with E-state index in [1.165, 1.54) is 0 Å². The Morgan fingerprint density at radius 2 is 1.82 bits per heavy atom. The third-order valence-electron chi connectivity index (χ3n) is 4.07. The zero-order valence-electron chi connectivity index (χ0n) is 11.7. The van der Waals surface area contributed by atoms with Crippen LogP contribution in [-0.2, 0) is 4.79 Å². The van der Waals surface area contributed by atoms with Crippen molar-refractivity contribution >= 4 is 5.91 Å². The van der Waals surface area contributed by atoms with Gasteiger partial charge in [0.15, 0.2) is 0 Å². The van der Waals surface area contributed by atoms with E-state index in [0.717, 1.165) is 25.8 Å². The summed E-state index contributed by atoms with van der Waals surface area (Å²) in [6, 6.07) is 0.233. The van der Waals surface area contributed by atoms with Crippen LogP contribution >= 0.6 is 0 Å². The first-order valence-electron chi connectivity index (χ1n) is 6.95. The highest BCUT2D eigenvalue weighted by Crippen LogP contribution is 2.25. The zero-order valence-corrected chi connectivity index (χ0v) is 11.7. The quantitative estimate of drug-likeness (QED) is 0.773. The summed E-state index contributed by atoms with van der Waals surface area (Å²) in [7, 11) is 0. The molecule has 1 saturated carbocycles. The molecule has 1 aliphatic rings. The number of carbonyl (C=O) groups is 1. The second-order valence-electron chi connectivity index (χ2n) is 6.17. The van der Waals surface area contributed by atoms with Gasteiger partial charge < -0.3 is 11.1 Å². The van der Waals surface area contributed by atoms with Gasteiger partial charge in [0.2, 0.25) is 5.91 Å². The third kappa shape index (κ3) is 4.30. The van der Waals surface area contributed by atoms with Crippen LogP contribution in [0.5, 0.6) is 0 Å². The largest absolute Gasteiger partial charge is 0.356 e. The number of amides is 1. The molecule has 0 aromatic heterocycles. The van der Waals surface area contributed by atoms with Gasteiger partial charge in [-0.1, -0.05) is 27.7 Å². The Morgan fingerprint density at radius 3 is 2.24 bits per heavy atom. The molecule has 3 nitrogen and oxygen atoms in total. The van der Waals surface area contributed by atoms with E-state index in [4.69, 9.17) is 5.73 Å². The summed E-state index contributed by atoms with van der Waals surface area (Å²) in [5.41, 5.74) is 5.84.